The van der Waals surface area contributed by atoms with Gasteiger partial charge in [-0.05, 0) is 12.8 Å². The van der Waals surface area contributed by atoms with Crippen molar-refractivity contribution in [2.45, 2.75) is 50.2 Å². The number of hydrogen-bond acceptors (Lipinski definition) is 7. The predicted molar refractivity (Wildman–Crippen MR) is 97.9 cm³/mol. The first-order chi connectivity index (χ1) is 12.8. The summed E-state index contributed by atoms with van der Waals surface area (Å²) in [5.74, 6) is 1.77. The van der Waals surface area contributed by atoms with Gasteiger partial charge in [-0.3, -0.25) is 4.90 Å². The summed E-state index contributed by atoms with van der Waals surface area (Å²) in [6, 6.07) is -0.675. The number of rotatable bonds is 3. The molecule has 1 aromatic heterocycles. The predicted octanol–water partition coefficient (Wildman–Crippen LogP) is 0.692. The lowest BCUT2D eigenvalue weighted by Crippen LogP contribution is -2.61. The van der Waals surface area contributed by atoms with Gasteiger partial charge in [0.15, 0.2) is 15.7 Å². The average Bonchev–Trinajstić information content (AvgIpc) is 3.32. The van der Waals surface area contributed by atoms with E-state index in [0.29, 0.717) is 37.3 Å². The lowest BCUT2D eigenvalue weighted by atomic mass is 10.1. The fourth-order valence-corrected chi connectivity index (χ4v) is 6.58. The van der Waals surface area contributed by atoms with Crippen molar-refractivity contribution >= 4 is 15.9 Å². The van der Waals surface area contributed by atoms with Crippen molar-refractivity contribution in [3.63, 3.8) is 0 Å². The van der Waals surface area contributed by atoms with Crippen LogP contribution < -0.4 is 0 Å². The van der Waals surface area contributed by atoms with E-state index in [1.807, 2.05) is 0 Å². The molecule has 1 aromatic rings. The van der Waals surface area contributed by atoms with Gasteiger partial charge in [-0.25, -0.2) is 13.2 Å². The maximum absolute atomic E-state index is 12.5. The average molecular weight is 398 g/mol. The summed E-state index contributed by atoms with van der Waals surface area (Å²) >= 11 is 0. The van der Waals surface area contributed by atoms with Gasteiger partial charge in [-0.15, -0.1) is 0 Å². The van der Waals surface area contributed by atoms with Crippen LogP contribution in [0.3, 0.4) is 0 Å². The number of sulfone groups is 1. The molecule has 9 nitrogen and oxygen atoms in total. The Labute approximate surface area is 159 Å². The van der Waals surface area contributed by atoms with E-state index in [1.165, 1.54) is 17.7 Å². The molecule has 150 valence electrons. The second-order valence-corrected chi connectivity index (χ2v) is 10.2. The van der Waals surface area contributed by atoms with Crippen molar-refractivity contribution in [2.75, 3.05) is 38.7 Å². The summed E-state index contributed by atoms with van der Waals surface area (Å²) in [6.07, 6.45) is 4.59. The molecule has 2 atom stereocenters. The van der Waals surface area contributed by atoms with Gasteiger partial charge in [0.2, 0.25) is 5.89 Å². The number of aromatic nitrogens is 2. The molecule has 2 unspecified atom stereocenters. The molecule has 3 fully saturated rings. The van der Waals surface area contributed by atoms with E-state index in [9.17, 15) is 13.2 Å². The van der Waals surface area contributed by atoms with Crippen molar-refractivity contribution < 1.29 is 17.7 Å². The first-order valence-corrected chi connectivity index (χ1v) is 11.4. The first-order valence-electron chi connectivity index (χ1n) is 9.59. The van der Waals surface area contributed by atoms with Gasteiger partial charge in [0.05, 0.1) is 24.1 Å². The molecule has 3 heterocycles. The molecule has 1 saturated carbocycles. The lowest BCUT2D eigenvalue weighted by Gasteiger charge is -2.44. The zero-order valence-corrected chi connectivity index (χ0v) is 16.7. The van der Waals surface area contributed by atoms with Gasteiger partial charge in [0, 0.05) is 39.1 Å². The summed E-state index contributed by atoms with van der Waals surface area (Å²) in [5.41, 5.74) is 0. The third-order valence-corrected chi connectivity index (χ3v) is 7.65. The van der Waals surface area contributed by atoms with Gasteiger partial charge in [-0.2, -0.15) is 4.98 Å². The normalized spacial score (nSPS) is 28.4. The number of nitrogens with zero attached hydrogens (tertiary/aromatic N) is 5. The molecule has 2 aliphatic heterocycles. The molecule has 1 aliphatic carbocycles. The molecule has 2 amide bonds. The summed E-state index contributed by atoms with van der Waals surface area (Å²) in [7, 11) is 0.211. The highest BCUT2D eigenvalue weighted by molar-refractivity contribution is 7.91. The Morgan fingerprint density at radius 2 is 1.89 bits per heavy atom. The highest BCUT2D eigenvalue weighted by atomic mass is 32.2. The number of carbonyl (C=O) groups excluding carboxylic acids is 1. The van der Waals surface area contributed by atoms with E-state index in [1.54, 1.807) is 19.0 Å². The number of piperazine rings is 1. The summed E-state index contributed by atoms with van der Waals surface area (Å²) in [6.45, 7) is 1.56. The molecule has 0 bridgehead atoms. The molecule has 10 heteroatoms. The van der Waals surface area contributed by atoms with Crippen LogP contribution in [0.15, 0.2) is 4.52 Å². The first kappa shape index (κ1) is 18.7. The molecular weight excluding hydrogens is 370 g/mol. The van der Waals surface area contributed by atoms with Crippen LogP contribution in [0.2, 0.25) is 0 Å². The van der Waals surface area contributed by atoms with E-state index in [4.69, 9.17) is 4.52 Å². The van der Waals surface area contributed by atoms with Gasteiger partial charge in [0.1, 0.15) is 0 Å². The van der Waals surface area contributed by atoms with Crippen molar-refractivity contribution in [3.8, 4) is 0 Å². The maximum atomic E-state index is 12.5. The topological polar surface area (TPSA) is 99.8 Å². The lowest BCUT2D eigenvalue weighted by molar-refractivity contribution is 0.0502. The van der Waals surface area contributed by atoms with Crippen LogP contribution in [0.1, 0.15) is 43.3 Å². The fraction of sp³-hybridized carbons (Fsp3) is 0.824. The molecule has 0 N–H and O–H groups in total. The standard InChI is InChI=1S/C17H27N5O4S/c1-20(2)17(23)22-8-7-21(13-10-27(24,25)11-14(13)22)9-15-18-16(26-19-15)12-5-3-4-6-12/h12-14H,3-11H2,1-2H3. The van der Waals surface area contributed by atoms with Gasteiger partial charge in [0.25, 0.3) is 0 Å². The monoisotopic (exact) mass is 397 g/mol. The van der Waals surface area contributed by atoms with E-state index in [2.05, 4.69) is 15.0 Å². The Morgan fingerprint density at radius 3 is 2.59 bits per heavy atom. The number of fused-ring (bicyclic) bond motifs is 1. The third-order valence-electron chi connectivity index (χ3n) is 5.95. The summed E-state index contributed by atoms with van der Waals surface area (Å²) < 4.78 is 30.0. The molecular formula is C17H27N5O4S. The Balaban J connectivity index is 1.50. The van der Waals surface area contributed by atoms with Crippen molar-refractivity contribution in [1.82, 2.24) is 24.8 Å². The molecule has 4 rings (SSSR count). The Kier molecular flexibility index (Phi) is 4.87. The van der Waals surface area contributed by atoms with E-state index in [0.717, 1.165) is 12.8 Å². The smallest absolute Gasteiger partial charge is 0.319 e. The summed E-state index contributed by atoms with van der Waals surface area (Å²) in [4.78, 5) is 22.3. The highest BCUT2D eigenvalue weighted by Crippen LogP contribution is 2.33. The largest absolute Gasteiger partial charge is 0.339 e. The Bertz CT molecular complexity index is 802. The van der Waals surface area contributed by atoms with E-state index < -0.39 is 9.84 Å². The molecule has 2 saturated heterocycles. The molecule has 0 spiro atoms. The van der Waals surface area contributed by atoms with Crippen molar-refractivity contribution in [3.05, 3.63) is 11.7 Å². The maximum Gasteiger partial charge on any atom is 0.319 e. The van der Waals surface area contributed by atoms with Gasteiger partial charge < -0.3 is 14.3 Å². The summed E-state index contributed by atoms with van der Waals surface area (Å²) in [5, 5.41) is 4.12. The zero-order chi connectivity index (χ0) is 19.2. The van der Waals surface area contributed by atoms with Crippen LogP contribution in [0.25, 0.3) is 0 Å². The molecule has 0 radical (unpaired) electrons. The van der Waals surface area contributed by atoms with E-state index in [-0.39, 0.29) is 29.6 Å². The van der Waals surface area contributed by atoms with E-state index >= 15 is 0 Å². The van der Waals surface area contributed by atoms with Crippen LogP contribution in [0, 0.1) is 0 Å². The number of amides is 2. The van der Waals surface area contributed by atoms with Crippen LogP contribution in [-0.4, -0.2) is 90.1 Å². The Morgan fingerprint density at radius 1 is 1.19 bits per heavy atom. The second kappa shape index (κ2) is 7.05. The minimum absolute atomic E-state index is 0.0211. The van der Waals surface area contributed by atoms with Gasteiger partial charge in [-0.1, -0.05) is 18.0 Å². The third kappa shape index (κ3) is 3.69. The number of hydrogen-bond donors (Lipinski definition) is 0. The quantitative estimate of drug-likeness (QED) is 0.740. The van der Waals surface area contributed by atoms with Crippen molar-refractivity contribution in [1.29, 1.82) is 0 Å². The number of carbonyl (C=O) groups is 1. The van der Waals surface area contributed by atoms with Crippen LogP contribution in [0.5, 0.6) is 0 Å². The highest BCUT2D eigenvalue weighted by Gasteiger charge is 2.48. The van der Waals surface area contributed by atoms with Crippen LogP contribution >= 0.6 is 0 Å². The molecule has 3 aliphatic rings. The minimum atomic E-state index is -3.17. The second-order valence-electron chi connectivity index (χ2n) is 8.08. The van der Waals surface area contributed by atoms with Crippen molar-refractivity contribution in [2.24, 2.45) is 0 Å². The fourth-order valence-electron chi connectivity index (χ4n) is 4.57. The van der Waals surface area contributed by atoms with Crippen LogP contribution in [0.4, 0.5) is 4.79 Å². The van der Waals surface area contributed by atoms with Gasteiger partial charge >= 0.3 is 6.03 Å². The molecule has 0 aromatic carbocycles. The minimum Gasteiger partial charge on any atom is -0.339 e. The Hall–Kier alpha value is -1.68. The SMILES string of the molecule is CN(C)C(=O)N1CCN(Cc2noc(C3CCCC3)n2)C2CS(=O)(=O)CC21. The molecule has 27 heavy (non-hydrogen) atoms. The van der Waals surface area contributed by atoms with Crippen LogP contribution in [-0.2, 0) is 16.4 Å². The number of urea groups is 1. The zero-order valence-electron chi connectivity index (χ0n) is 15.9.